The minimum absolute atomic E-state index is 0.652. The van der Waals surface area contributed by atoms with E-state index in [1.165, 1.54) is 0 Å². The number of hydrogen-bond donors (Lipinski definition) is 2. The number of aromatic nitrogens is 2. The van der Waals surface area contributed by atoms with Crippen LogP contribution < -0.4 is 10.6 Å². The minimum Gasteiger partial charge on any atom is -0.372 e. The lowest BCUT2D eigenvalue weighted by molar-refractivity contribution is 1.18. The Bertz CT molecular complexity index is 487. The average molecular weight is 235 g/mol. The molecule has 2 rings (SSSR count). The number of anilines is 3. The highest BCUT2D eigenvalue weighted by Gasteiger charge is 2.01. The standard InChI is InChI=1S/C11H11ClN4/c1-13-10-6-14-7-11(16-10)15-9-5-3-2-4-8(9)12/h2-7H,1H3,(H2,13,15,16). The fourth-order valence-electron chi connectivity index (χ4n) is 1.25. The maximum Gasteiger partial charge on any atom is 0.151 e. The molecule has 0 aliphatic heterocycles. The van der Waals surface area contributed by atoms with Crippen LogP contribution in [0.5, 0.6) is 0 Å². The quantitative estimate of drug-likeness (QED) is 0.858. The van der Waals surface area contributed by atoms with Crippen molar-refractivity contribution in [3.8, 4) is 0 Å². The highest BCUT2D eigenvalue weighted by Crippen LogP contribution is 2.23. The molecular weight excluding hydrogens is 224 g/mol. The molecule has 2 aromatic rings. The number of rotatable bonds is 3. The van der Waals surface area contributed by atoms with Gasteiger partial charge in [0.15, 0.2) is 5.82 Å². The lowest BCUT2D eigenvalue weighted by atomic mass is 10.3. The van der Waals surface area contributed by atoms with Gasteiger partial charge in [-0.25, -0.2) is 4.98 Å². The Morgan fingerprint density at radius 1 is 1.12 bits per heavy atom. The summed E-state index contributed by atoms with van der Waals surface area (Å²) in [6.07, 6.45) is 3.29. The molecule has 0 saturated carbocycles. The monoisotopic (exact) mass is 234 g/mol. The van der Waals surface area contributed by atoms with Crippen molar-refractivity contribution in [1.82, 2.24) is 9.97 Å². The van der Waals surface area contributed by atoms with Crippen molar-refractivity contribution in [1.29, 1.82) is 0 Å². The molecule has 16 heavy (non-hydrogen) atoms. The zero-order valence-electron chi connectivity index (χ0n) is 8.74. The molecule has 0 aliphatic carbocycles. The normalized spacial score (nSPS) is 9.88. The fourth-order valence-corrected chi connectivity index (χ4v) is 1.43. The fraction of sp³-hybridized carbons (Fsp3) is 0.0909. The lowest BCUT2D eigenvalue weighted by Crippen LogP contribution is -1.99. The van der Waals surface area contributed by atoms with Crippen molar-refractivity contribution in [2.45, 2.75) is 0 Å². The maximum atomic E-state index is 6.02. The Morgan fingerprint density at radius 2 is 1.88 bits per heavy atom. The summed E-state index contributed by atoms with van der Waals surface area (Å²) < 4.78 is 0. The van der Waals surface area contributed by atoms with Crippen LogP contribution in [0.3, 0.4) is 0 Å². The van der Waals surface area contributed by atoms with Crippen LogP contribution in [0.25, 0.3) is 0 Å². The van der Waals surface area contributed by atoms with E-state index >= 15 is 0 Å². The lowest BCUT2D eigenvalue weighted by Gasteiger charge is -2.07. The highest BCUT2D eigenvalue weighted by atomic mass is 35.5. The zero-order valence-corrected chi connectivity index (χ0v) is 9.49. The molecular formula is C11H11ClN4. The number of halogens is 1. The van der Waals surface area contributed by atoms with Crippen LogP contribution in [0.1, 0.15) is 0 Å². The predicted octanol–water partition coefficient (Wildman–Crippen LogP) is 2.92. The molecule has 0 aliphatic rings. The van der Waals surface area contributed by atoms with Crippen LogP contribution in [0, 0.1) is 0 Å². The van der Waals surface area contributed by atoms with Gasteiger partial charge in [-0.2, -0.15) is 0 Å². The first-order valence-corrected chi connectivity index (χ1v) is 5.19. The van der Waals surface area contributed by atoms with Gasteiger partial charge in [0.05, 0.1) is 23.1 Å². The topological polar surface area (TPSA) is 49.8 Å². The first-order valence-electron chi connectivity index (χ1n) is 4.81. The van der Waals surface area contributed by atoms with Crippen LogP contribution in [0.4, 0.5) is 17.3 Å². The molecule has 1 heterocycles. The third-order valence-electron chi connectivity index (χ3n) is 2.03. The second kappa shape index (κ2) is 4.81. The molecule has 1 aromatic heterocycles. The van der Waals surface area contributed by atoms with Crippen molar-refractivity contribution >= 4 is 28.9 Å². The van der Waals surface area contributed by atoms with Crippen LogP contribution in [-0.4, -0.2) is 17.0 Å². The Morgan fingerprint density at radius 3 is 2.62 bits per heavy atom. The average Bonchev–Trinajstić information content (AvgIpc) is 2.32. The van der Waals surface area contributed by atoms with E-state index in [4.69, 9.17) is 11.6 Å². The Kier molecular flexibility index (Phi) is 3.22. The Labute approximate surface area is 98.7 Å². The highest BCUT2D eigenvalue weighted by molar-refractivity contribution is 6.33. The maximum absolute atomic E-state index is 6.02. The first-order chi connectivity index (χ1) is 7.79. The van der Waals surface area contributed by atoms with Gasteiger partial charge in [0, 0.05) is 7.05 Å². The van der Waals surface area contributed by atoms with Crippen LogP contribution >= 0.6 is 11.6 Å². The molecule has 0 unspecified atom stereocenters. The summed E-state index contributed by atoms with van der Waals surface area (Å²) in [6, 6.07) is 7.49. The molecule has 82 valence electrons. The number of hydrogen-bond acceptors (Lipinski definition) is 4. The molecule has 0 amide bonds. The summed E-state index contributed by atoms with van der Waals surface area (Å²) in [5, 5.41) is 6.67. The van der Waals surface area contributed by atoms with Gasteiger partial charge in [-0.3, -0.25) is 4.98 Å². The molecule has 1 aromatic carbocycles. The van der Waals surface area contributed by atoms with Crippen molar-refractivity contribution in [2.75, 3.05) is 17.7 Å². The first kappa shape index (κ1) is 10.7. The van der Waals surface area contributed by atoms with Gasteiger partial charge in [-0.05, 0) is 12.1 Å². The molecule has 0 radical (unpaired) electrons. The number of nitrogens with one attached hydrogen (secondary N) is 2. The van der Waals surface area contributed by atoms with Crippen LogP contribution in [0.15, 0.2) is 36.7 Å². The SMILES string of the molecule is CNc1cncc(Nc2ccccc2Cl)n1. The molecule has 4 nitrogen and oxygen atoms in total. The third kappa shape index (κ3) is 2.41. The predicted molar refractivity (Wildman–Crippen MR) is 66.3 cm³/mol. The van der Waals surface area contributed by atoms with Crippen LogP contribution in [-0.2, 0) is 0 Å². The molecule has 5 heteroatoms. The van der Waals surface area contributed by atoms with E-state index in [0.29, 0.717) is 16.7 Å². The Hall–Kier alpha value is -1.81. The molecule has 0 fully saturated rings. The van der Waals surface area contributed by atoms with Gasteiger partial charge in [-0.1, -0.05) is 23.7 Å². The van der Waals surface area contributed by atoms with Gasteiger partial charge in [-0.15, -0.1) is 0 Å². The van der Waals surface area contributed by atoms with E-state index in [2.05, 4.69) is 20.6 Å². The van der Waals surface area contributed by atoms with Crippen molar-refractivity contribution < 1.29 is 0 Å². The zero-order chi connectivity index (χ0) is 11.4. The van der Waals surface area contributed by atoms with E-state index in [1.54, 1.807) is 19.4 Å². The number of nitrogens with zero attached hydrogens (tertiary/aromatic N) is 2. The van der Waals surface area contributed by atoms with E-state index in [9.17, 15) is 0 Å². The van der Waals surface area contributed by atoms with Gasteiger partial charge in [0.25, 0.3) is 0 Å². The molecule has 0 atom stereocenters. The summed E-state index contributed by atoms with van der Waals surface area (Å²) in [4.78, 5) is 8.33. The van der Waals surface area contributed by atoms with E-state index in [-0.39, 0.29) is 0 Å². The van der Waals surface area contributed by atoms with Crippen molar-refractivity contribution in [3.63, 3.8) is 0 Å². The van der Waals surface area contributed by atoms with E-state index in [1.807, 2.05) is 24.3 Å². The molecule has 2 N–H and O–H groups in total. The van der Waals surface area contributed by atoms with Gasteiger partial charge in [0.2, 0.25) is 0 Å². The smallest absolute Gasteiger partial charge is 0.151 e. The summed E-state index contributed by atoms with van der Waals surface area (Å²) in [5.74, 6) is 1.36. The second-order valence-corrected chi connectivity index (χ2v) is 3.55. The van der Waals surface area contributed by atoms with Crippen molar-refractivity contribution in [3.05, 3.63) is 41.7 Å². The van der Waals surface area contributed by atoms with Crippen LogP contribution in [0.2, 0.25) is 5.02 Å². The Balaban J connectivity index is 2.24. The summed E-state index contributed by atoms with van der Waals surface area (Å²) in [5.41, 5.74) is 0.812. The van der Waals surface area contributed by atoms with Gasteiger partial charge in [0.1, 0.15) is 5.82 Å². The molecule has 0 bridgehead atoms. The number of benzene rings is 1. The van der Waals surface area contributed by atoms with Crippen molar-refractivity contribution in [2.24, 2.45) is 0 Å². The second-order valence-electron chi connectivity index (χ2n) is 3.14. The van der Waals surface area contributed by atoms with E-state index < -0.39 is 0 Å². The number of para-hydroxylation sites is 1. The summed E-state index contributed by atoms with van der Waals surface area (Å²) in [7, 11) is 1.79. The molecule has 0 saturated heterocycles. The summed E-state index contributed by atoms with van der Waals surface area (Å²) >= 11 is 6.02. The molecule has 0 spiro atoms. The third-order valence-corrected chi connectivity index (χ3v) is 2.36. The van der Waals surface area contributed by atoms with E-state index in [0.717, 1.165) is 5.69 Å². The van der Waals surface area contributed by atoms with Gasteiger partial charge < -0.3 is 10.6 Å². The largest absolute Gasteiger partial charge is 0.372 e. The van der Waals surface area contributed by atoms with Gasteiger partial charge >= 0.3 is 0 Å². The summed E-state index contributed by atoms with van der Waals surface area (Å²) in [6.45, 7) is 0. The minimum atomic E-state index is 0.652.